The van der Waals surface area contributed by atoms with Gasteiger partial charge >= 0.3 is 0 Å². The van der Waals surface area contributed by atoms with E-state index in [1.165, 1.54) is 11.1 Å². The van der Waals surface area contributed by atoms with E-state index in [4.69, 9.17) is 0 Å². The van der Waals surface area contributed by atoms with Gasteiger partial charge in [0.2, 0.25) is 5.91 Å². The van der Waals surface area contributed by atoms with Crippen LogP contribution in [-0.4, -0.2) is 35.5 Å². The van der Waals surface area contributed by atoms with Crippen molar-refractivity contribution in [2.24, 2.45) is 0 Å². The first-order valence-electron chi connectivity index (χ1n) is 8.30. The van der Waals surface area contributed by atoms with Gasteiger partial charge in [-0.3, -0.25) is 4.79 Å². The zero-order chi connectivity index (χ0) is 17.4. The average Bonchev–Trinajstić information content (AvgIpc) is 2.49. The van der Waals surface area contributed by atoms with Crippen LogP contribution in [0.1, 0.15) is 28.2 Å². The zero-order valence-electron chi connectivity index (χ0n) is 15.1. The Morgan fingerprint density at radius 3 is 2.21 bits per heavy atom. The lowest BCUT2D eigenvalue weighted by molar-refractivity contribution is -0.117. The molecule has 126 valence electrons. The molecule has 1 aliphatic rings. The second-order valence-electron chi connectivity index (χ2n) is 6.62. The summed E-state index contributed by atoms with van der Waals surface area (Å²) in [6.45, 7) is 11.8. The van der Waals surface area contributed by atoms with Crippen LogP contribution in [-0.2, 0) is 4.79 Å². The number of carbonyl (C=O) groups is 1. The first-order chi connectivity index (χ1) is 11.3. The fourth-order valence-electron chi connectivity index (χ4n) is 3.29. The number of hydrogen-bond acceptors (Lipinski definition) is 4. The van der Waals surface area contributed by atoms with Crippen molar-refractivity contribution in [1.29, 1.82) is 0 Å². The van der Waals surface area contributed by atoms with Gasteiger partial charge in [-0.2, -0.15) is 0 Å². The van der Waals surface area contributed by atoms with E-state index in [9.17, 15) is 4.79 Å². The van der Waals surface area contributed by atoms with Crippen LogP contribution in [0.2, 0.25) is 0 Å². The number of piperazine rings is 1. The Bertz CT molecular complexity index is 780. The Morgan fingerprint density at radius 1 is 0.917 bits per heavy atom. The first kappa shape index (κ1) is 16.4. The molecule has 1 aliphatic heterocycles. The third kappa shape index (κ3) is 3.11. The van der Waals surface area contributed by atoms with E-state index in [1.807, 2.05) is 25.7 Å². The second kappa shape index (κ2) is 6.23. The predicted octanol–water partition coefficient (Wildman–Crippen LogP) is 2.87. The molecule has 2 aromatic rings. The predicted molar refractivity (Wildman–Crippen MR) is 96.7 cm³/mol. The van der Waals surface area contributed by atoms with Gasteiger partial charge in [0.25, 0.3) is 0 Å². The molecule has 0 unspecified atom stereocenters. The van der Waals surface area contributed by atoms with Gasteiger partial charge in [0.05, 0.1) is 6.54 Å². The summed E-state index contributed by atoms with van der Waals surface area (Å²) >= 11 is 0. The summed E-state index contributed by atoms with van der Waals surface area (Å²) in [5, 5.41) is 0. The Kier molecular flexibility index (Phi) is 4.26. The number of aryl methyl sites for hydroxylation is 4. The summed E-state index contributed by atoms with van der Waals surface area (Å²) in [5.41, 5.74) is 5.37. The van der Waals surface area contributed by atoms with E-state index < -0.39 is 0 Å². The number of rotatable bonds is 2. The van der Waals surface area contributed by atoms with Crippen LogP contribution in [0.4, 0.5) is 11.5 Å². The molecule has 1 fully saturated rings. The molecular weight excluding hydrogens is 300 g/mol. The smallest absolute Gasteiger partial charge is 0.246 e. The quantitative estimate of drug-likeness (QED) is 0.852. The maximum atomic E-state index is 12.7. The molecule has 1 aromatic carbocycles. The molecule has 2 heterocycles. The van der Waals surface area contributed by atoms with Gasteiger partial charge in [0, 0.05) is 30.0 Å². The minimum absolute atomic E-state index is 0.111. The monoisotopic (exact) mass is 324 g/mol. The summed E-state index contributed by atoms with van der Waals surface area (Å²) in [6.07, 6.45) is 0. The highest BCUT2D eigenvalue weighted by molar-refractivity contribution is 5.97. The molecule has 0 saturated carbocycles. The number of aromatic nitrogens is 2. The highest BCUT2D eigenvalue weighted by Crippen LogP contribution is 2.25. The molecule has 0 bridgehead atoms. The maximum absolute atomic E-state index is 12.7. The van der Waals surface area contributed by atoms with Gasteiger partial charge in [0.1, 0.15) is 11.6 Å². The van der Waals surface area contributed by atoms with Crippen LogP contribution in [0.15, 0.2) is 18.2 Å². The molecule has 0 atom stereocenters. The normalized spacial score (nSPS) is 15.1. The SMILES string of the molecule is Cc1cc(C)cc(N2CCN(c3nc(C)nc(C)c3C)CC2=O)c1. The van der Waals surface area contributed by atoms with Crippen molar-refractivity contribution >= 4 is 17.4 Å². The molecule has 5 nitrogen and oxygen atoms in total. The van der Waals surface area contributed by atoms with Crippen LogP contribution < -0.4 is 9.80 Å². The van der Waals surface area contributed by atoms with Crippen molar-refractivity contribution < 1.29 is 4.79 Å². The summed E-state index contributed by atoms with van der Waals surface area (Å²) < 4.78 is 0. The molecule has 0 N–H and O–H groups in total. The Labute approximate surface area is 143 Å². The second-order valence-corrected chi connectivity index (χ2v) is 6.62. The van der Waals surface area contributed by atoms with Crippen LogP contribution in [0, 0.1) is 34.6 Å². The van der Waals surface area contributed by atoms with Crippen molar-refractivity contribution in [2.75, 3.05) is 29.4 Å². The topological polar surface area (TPSA) is 49.3 Å². The third-order valence-corrected chi connectivity index (χ3v) is 4.51. The van der Waals surface area contributed by atoms with E-state index in [2.05, 4.69) is 46.9 Å². The zero-order valence-corrected chi connectivity index (χ0v) is 15.1. The van der Waals surface area contributed by atoms with Gasteiger partial charge in [-0.25, -0.2) is 9.97 Å². The molecule has 1 aromatic heterocycles. The summed E-state index contributed by atoms with van der Waals surface area (Å²) in [5.74, 6) is 1.74. The van der Waals surface area contributed by atoms with Gasteiger partial charge in [-0.05, 0) is 57.9 Å². The molecule has 0 radical (unpaired) electrons. The lowest BCUT2D eigenvalue weighted by Gasteiger charge is -2.36. The largest absolute Gasteiger partial charge is 0.345 e. The third-order valence-electron chi connectivity index (χ3n) is 4.51. The highest BCUT2D eigenvalue weighted by Gasteiger charge is 2.27. The number of benzene rings is 1. The van der Waals surface area contributed by atoms with E-state index in [1.54, 1.807) is 0 Å². The van der Waals surface area contributed by atoms with E-state index in [0.717, 1.165) is 35.1 Å². The van der Waals surface area contributed by atoms with Crippen LogP contribution in [0.5, 0.6) is 0 Å². The summed E-state index contributed by atoms with van der Waals surface area (Å²) in [6, 6.07) is 6.27. The average molecular weight is 324 g/mol. The van der Waals surface area contributed by atoms with E-state index in [0.29, 0.717) is 13.1 Å². The molecule has 5 heteroatoms. The Morgan fingerprint density at radius 2 is 1.58 bits per heavy atom. The van der Waals surface area contributed by atoms with Crippen molar-refractivity contribution in [3.63, 3.8) is 0 Å². The summed E-state index contributed by atoms with van der Waals surface area (Å²) in [4.78, 5) is 25.6. The first-order valence-corrected chi connectivity index (χ1v) is 8.30. The van der Waals surface area contributed by atoms with Gasteiger partial charge in [-0.1, -0.05) is 6.07 Å². The van der Waals surface area contributed by atoms with Crippen LogP contribution >= 0.6 is 0 Å². The van der Waals surface area contributed by atoms with Crippen molar-refractivity contribution in [3.05, 3.63) is 46.4 Å². The number of amides is 1. The molecule has 3 rings (SSSR count). The van der Waals surface area contributed by atoms with Gasteiger partial charge in [-0.15, -0.1) is 0 Å². The van der Waals surface area contributed by atoms with Crippen molar-refractivity contribution in [3.8, 4) is 0 Å². The van der Waals surface area contributed by atoms with E-state index in [-0.39, 0.29) is 5.91 Å². The fraction of sp³-hybridized carbons (Fsp3) is 0.421. The summed E-state index contributed by atoms with van der Waals surface area (Å²) in [7, 11) is 0. The number of hydrogen-bond donors (Lipinski definition) is 0. The molecule has 24 heavy (non-hydrogen) atoms. The lowest BCUT2D eigenvalue weighted by Crippen LogP contribution is -2.51. The van der Waals surface area contributed by atoms with Gasteiger partial charge in [0.15, 0.2) is 0 Å². The number of carbonyl (C=O) groups excluding carboxylic acids is 1. The van der Waals surface area contributed by atoms with Crippen LogP contribution in [0.3, 0.4) is 0 Å². The van der Waals surface area contributed by atoms with Gasteiger partial charge < -0.3 is 9.80 Å². The molecule has 1 amide bonds. The highest BCUT2D eigenvalue weighted by atomic mass is 16.2. The standard InChI is InChI=1S/C19H24N4O/c1-12-8-13(2)10-17(9-12)23-7-6-22(11-18(23)24)19-14(3)15(4)20-16(5)21-19/h8-10H,6-7,11H2,1-5H3. The Balaban J connectivity index is 1.84. The number of anilines is 2. The number of nitrogens with zero attached hydrogens (tertiary/aromatic N) is 4. The van der Waals surface area contributed by atoms with E-state index >= 15 is 0 Å². The minimum Gasteiger partial charge on any atom is -0.345 e. The van der Waals surface area contributed by atoms with Crippen molar-refractivity contribution in [1.82, 2.24) is 9.97 Å². The molecule has 1 saturated heterocycles. The fourth-order valence-corrected chi connectivity index (χ4v) is 3.29. The maximum Gasteiger partial charge on any atom is 0.246 e. The minimum atomic E-state index is 0.111. The van der Waals surface area contributed by atoms with Crippen LogP contribution in [0.25, 0.3) is 0 Å². The molecule has 0 aliphatic carbocycles. The molecular formula is C19H24N4O. The van der Waals surface area contributed by atoms with Crippen molar-refractivity contribution in [2.45, 2.75) is 34.6 Å². The molecule has 0 spiro atoms. The lowest BCUT2D eigenvalue weighted by atomic mass is 10.1. The Hall–Kier alpha value is -2.43.